The SMILES string of the molecule is CC(C)(C)c1nc(CN2CCCN(C(=O)CCC3CCCC3)CC2)cs1. The van der Waals surface area contributed by atoms with Gasteiger partial charge in [-0.05, 0) is 18.8 Å². The minimum absolute atomic E-state index is 0.129. The number of carbonyl (C=O) groups excluding carboxylic acids is 1. The highest BCUT2D eigenvalue weighted by molar-refractivity contribution is 7.09. The zero-order valence-electron chi connectivity index (χ0n) is 16.8. The molecule has 3 rings (SSSR count). The van der Waals surface area contributed by atoms with Crippen molar-refractivity contribution in [3.63, 3.8) is 0 Å². The summed E-state index contributed by atoms with van der Waals surface area (Å²) < 4.78 is 0. The van der Waals surface area contributed by atoms with E-state index < -0.39 is 0 Å². The molecule has 1 aliphatic heterocycles. The first-order valence-corrected chi connectivity index (χ1v) is 11.2. The number of carbonyl (C=O) groups is 1. The van der Waals surface area contributed by atoms with Gasteiger partial charge in [-0.2, -0.15) is 0 Å². The van der Waals surface area contributed by atoms with Crippen LogP contribution in [0.3, 0.4) is 0 Å². The molecule has 2 aliphatic rings. The Kier molecular flexibility index (Phi) is 6.73. The minimum Gasteiger partial charge on any atom is -0.341 e. The highest BCUT2D eigenvalue weighted by Crippen LogP contribution is 2.29. The summed E-state index contributed by atoms with van der Waals surface area (Å²) in [4.78, 5) is 22.0. The molecular formula is C21H35N3OS. The van der Waals surface area contributed by atoms with Crippen molar-refractivity contribution in [2.75, 3.05) is 26.2 Å². The van der Waals surface area contributed by atoms with Gasteiger partial charge in [-0.3, -0.25) is 9.69 Å². The maximum atomic E-state index is 12.6. The van der Waals surface area contributed by atoms with E-state index in [-0.39, 0.29) is 5.41 Å². The normalized spacial score (nSPS) is 20.5. The van der Waals surface area contributed by atoms with Crippen LogP contribution in [0.15, 0.2) is 5.38 Å². The highest BCUT2D eigenvalue weighted by atomic mass is 32.1. The average molecular weight is 378 g/mol. The summed E-state index contributed by atoms with van der Waals surface area (Å²) in [5, 5.41) is 3.42. The topological polar surface area (TPSA) is 36.4 Å². The van der Waals surface area contributed by atoms with Crippen LogP contribution in [0, 0.1) is 5.92 Å². The molecule has 1 aromatic rings. The third-order valence-corrected chi connectivity index (χ3v) is 7.08. The van der Waals surface area contributed by atoms with Crippen LogP contribution in [-0.4, -0.2) is 46.9 Å². The first-order valence-electron chi connectivity index (χ1n) is 10.4. The molecule has 0 radical (unpaired) electrons. The van der Waals surface area contributed by atoms with Crippen molar-refractivity contribution in [2.24, 2.45) is 5.92 Å². The van der Waals surface area contributed by atoms with E-state index in [4.69, 9.17) is 4.98 Å². The summed E-state index contributed by atoms with van der Waals surface area (Å²) in [7, 11) is 0. The standard InChI is InChI=1S/C21H35N3OS/c1-21(2,3)20-22-18(16-26-20)15-23-11-6-12-24(14-13-23)19(25)10-9-17-7-4-5-8-17/h16-17H,4-15H2,1-3H3. The summed E-state index contributed by atoms with van der Waals surface area (Å²) in [6.45, 7) is 11.4. The van der Waals surface area contributed by atoms with Gasteiger partial charge in [-0.15, -0.1) is 11.3 Å². The molecule has 1 amide bonds. The summed E-state index contributed by atoms with van der Waals surface area (Å²) in [5.74, 6) is 1.19. The number of thiazole rings is 1. The van der Waals surface area contributed by atoms with Crippen LogP contribution >= 0.6 is 11.3 Å². The largest absolute Gasteiger partial charge is 0.341 e. The predicted octanol–water partition coefficient (Wildman–Crippen LogP) is 4.45. The van der Waals surface area contributed by atoms with E-state index in [1.165, 1.54) is 36.4 Å². The molecule has 2 heterocycles. The van der Waals surface area contributed by atoms with Crippen molar-refractivity contribution in [1.29, 1.82) is 0 Å². The van der Waals surface area contributed by atoms with E-state index >= 15 is 0 Å². The van der Waals surface area contributed by atoms with Gasteiger partial charge in [0.1, 0.15) is 0 Å². The lowest BCUT2D eigenvalue weighted by Crippen LogP contribution is -2.35. The monoisotopic (exact) mass is 377 g/mol. The molecule has 0 bridgehead atoms. The molecule has 1 saturated carbocycles. The lowest BCUT2D eigenvalue weighted by atomic mass is 9.98. The fourth-order valence-corrected chi connectivity index (χ4v) is 5.01. The fraction of sp³-hybridized carbons (Fsp3) is 0.810. The predicted molar refractivity (Wildman–Crippen MR) is 108 cm³/mol. The molecule has 0 N–H and O–H groups in total. The maximum absolute atomic E-state index is 12.6. The van der Waals surface area contributed by atoms with Gasteiger partial charge >= 0.3 is 0 Å². The van der Waals surface area contributed by atoms with Crippen molar-refractivity contribution in [2.45, 2.75) is 77.7 Å². The molecular weight excluding hydrogens is 342 g/mol. The van der Waals surface area contributed by atoms with E-state index in [0.29, 0.717) is 5.91 Å². The molecule has 1 aliphatic carbocycles. The Labute approximate surface area is 163 Å². The second-order valence-corrected chi connectivity index (χ2v) is 9.95. The Hall–Kier alpha value is -0.940. The van der Waals surface area contributed by atoms with Crippen molar-refractivity contribution in [3.05, 3.63) is 16.1 Å². The van der Waals surface area contributed by atoms with Crippen molar-refractivity contribution in [3.8, 4) is 0 Å². The molecule has 1 saturated heterocycles. The third kappa shape index (κ3) is 5.53. The smallest absolute Gasteiger partial charge is 0.222 e. The zero-order chi connectivity index (χ0) is 18.6. The van der Waals surface area contributed by atoms with Gasteiger partial charge in [-0.1, -0.05) is 46.5 Å². The zero-order valence-corrected chi connectivity index (χ0v) is 17.6. The summed E-state index contributed by atoms with van der Waals surface area (Å²) in [6.07, 6.45) is 8.34. The van der Waals surface area contributed by atoms with Gasteiger partial charge in [0.15, 0.2) is 0 Å². The van der Waals surface area contributed by atoms with E-state index in [1.807, 2.05) is 0 Å². The lowest BCUT2D eigenvalue weighted by molar-refractivity contribution is -0.131. The number of aromatic nitrogens is 1. The molecule has 5 heteroatoms. The van der Waals surface area contributed by atoms with Gasteiger partial charge < -0.3 is 4.90 Å². The Bertz CT molecular complexity index is 586. The van der Waals surface area contributed by atoms with Crippen LogP contribution in [0.1, 0.15) is 76.4 Å². The Morgan fingerprint density at radius 2 is 1.92 bits per heavy atom. The van der Waals surface area contributed by atoms with Crippen LogP contribution < -0.4 is 0 Å². The van der Waals surface area contributed by atoms with Crippen molar-refractivity contribution < 1.29 is 4.79 Å². The third-order valence-electron chi connectivity index (χ3n) is 5.76. The van der Waals surface area contributed by atoms with E-state index in [1.54, 1.807) is 11.3 Å². The van der Waals surface area contributed by atoms with Crippen LogP contribution in [0.5, 0.6) is 0 Å². The molecule has 0 spiro atoms. The molecule has 1 aromatic heterocycles. The molecule has 2 fully saturated rings. The van der Waals surface area contributed by atoms with E-state index in [0.717, 1.165) is 57.9 Å². The number of nitrogens with zero attached hydrogens (tertiary/aromatic N) is 3. The quantitative estimate of drug-likeness (QED) is 0.761. The fourth-order valence-electron chi connectivity index (χ4n) is 4.12. The van der Waals surface area contributed by atoms with Crippen molar-refractivity contribution >= 4 is 17.2 Å². The van der Waals surface area contributed by atoms with E-state index in [2.05, 4.69) is 36.0 Å². The van der Waals surface area contributed by atoms with Crippen LogP contribution in [0.2, 0.25) is 0 Å². The number of hydrogen-bond acceptors (Lipinski definition) is 4. The Balaban J connectivity index is 1.45. The van der Waals surface area contributed by atoms with E-state index in [9.17, 15) is 4.79 Å². The maximum Gasteiger partial charge on any atom is 0.222 e. The number of rotatable bonds is 5. The average Bonchev–Trinajstić information content (AvgIpc) is 3.21. The van der Waals surface area contributed by atoms with Crippen LogP contribution in [0.25, 0.3) is 0 Å². The van der Waals surface area contributed by atoms with Crippen LogP contribution in [0.4, 0.5) is 0 Å². The van der Waals surface area contributed by atoms with Gasteiger partial charge in [0.25, 0.3) is 0 Å². The Morgan fingerprint density at radius 1 is 1.15 bits per heavy atom. The summed E-state index contributed by atoms with van der Waals surface area (Å²) in [5.41, 5.74) is 1.31. The second-order valence-electron chi connectivity index (χ2n) is 9.09. The van der Waals surface area contributed by atoms with Gasteiger partial charge in [0.05, 0.1) is 10.7 Å². The molecule has 0 unspecified atom stereocenters. The van der Waals surface area contributed by atoms with Gasteiger partial charge in [0, 0.05) is 49.9 Å². The van der Waals surface area contributed by atoms with Crippen LogP contribution in [-0.2, 0) is 16.8 Å². The van der Waals surface area contributed by atoms with Gasteiger partial charge in [0.2, 0.25) is 5.91 Å². The molecule has 0 aromatic carbocycles. The molecule has 26 heavy (non-hydrogen) atoms. The molecule has 4 nitrogen and oxygen atoms in total. The van der Waals surface area contributed by atoms with Crippen molar-refractivity contribution in [1.82, 2.24) is 14.8 Å². The molecule has 0 atom stereocenters. The first-order chi connectivity index (χ1) is 12.4. The minimum atomic E-state index is 0.129. The first kappa shape index (κ1) is 19.8. The summed E-state index contributed by atoms with van der Waals surface area (Å²) in [6, 6.07) is 0. The summed E-state index contributed by atoms with van der Waals surface area (Å²) >= 11 is 1.77. The molecule has 146 valence electrons. The lowest BCUT2D eigenvalue weighted by Gasteiger charge is -2.22. The number of hydrogen-bond donors (Lipinski definition) is 0. The number of amides is 1. The Morgan fingerprint density at radius 3 is 2.62 bits per heavy atom. The second kappa shape index (κ2) is 8.83. The highest BCUT2D eigenvalue weighted by Gasteiger charge is 2.23. The van der Waals surface area contributed by atoms with Gasteiger partial charge in [-0.25, -0.2) is 4.98 Å².